The number of nitrogens with one attached hydrogen (secondary N) is 1. The lowest BCUT2D eigenvalue weighted by Crippen LogP contribution is -2.31. The third kappa shape index (κ3) is 3.92. The second-order valence-electron chi connectivity index (χ2n) is 4.91. The van der Waals surface area contributed by atoms with Crippen LogP contribution in [0.1, 0.15) is 12.6 Å². The Morgan fingerprint density at radius 2 is 2.10 bits per heavy atom. The monoisotopic (exact) mass is 274 g/mol. The van der Waals surface area contributed by atoms with E-state index in [1.807, 2.05) is 25.1 Å². The average molecular weight is 274 g/mol. The van der Waals surface area contributed by atoms with Crippen molar-refractivity contribution in [3.8, 4) is 5.75 Å². The number of rotatable bonds is 7. The van der Waals surface area contributed by atoms with Crippen LogP contribution in [0.5, 0.6) is 5.75 Å². The third-order valence-corrected chi connectivity index (χ3v) is 3.07. The van der Waals surface area contributed by atoms with Crippen LogP contribution in [0.3, 0.4) is 0 Å². The van der Waals surface area contributed by atoms with E-state index < -0.39 is 0 Å². The van der Waals surface area contributed by atoms with E-state index in [1.165, 1.54) is 0 Å². The largest absolute Gasteiger partial charge is 0.487 e. The third-order valence-electron chi connectivity index (χ3n) is 3.07. The number of aryl methyl sites for hydroxylation is 1. The highest BCUT2D eigenvalue weighted by Crippen LogP contribution is 2.24. The number of pyridine rings is 1. The Balaban J connectivity index is 2.03. The van der Waals surface area contributed by atoms with Crippen molar-refractivity contribution in [1.29, 1.82) is 0 Å². The van der Waals surface area contributed by atoms with Gasteiger partial charge in [0.25, 0.3) is 0 Å². The van der Waals surface area contributed by atoms with E-state index in [0.717, 1.165) is 35.4 Å². The SMILES string of the molecule is COCCNCC(C)Oc1cccc2ccc(C)nc12. The normalized spacial score (nSPS) is 12.6. The quantitative estimate of drug-likeness (QED) is 0.788. The zero-order valence-electron chi connectivity index (χ0n) is 12.3. The molecule has 1 aromatic heterocycles. The molecule has 1 heterocycles. The van der Waals surface area contributed by atoms with Crippen LogP contribution in [0, 0.1) is 6.92 Å². The van der Waals surface area contributed by atoms with Crippen molar-refractivity contribution in [1.82, 2.24) is 10.3 Å². The molecule has 2 aromatic rings. The summed E-state index contributed by atoms with van der Waals surface area (Å²) in [5.41, 5.74) is 1.93. The number of aromatic nitrogens is 1. The maximum atomic E-state index is 6.00. The molecule has 1 atom stereocenters. The fraction of sp³-hybridized carbons (Fsp3) is 0.438. The number of para-hydroxylation sites is 1. The molecule has 0 fully saturated rings. The summed E-state index contributed by atoms with van der Waals surface area (Å²) in [6, 6.07) is 10.1. The Labute approximate surface area is 120 Å². The van der Waals surface area contributed by atoms with Gasteiger partial charge in [-0.15, -0.1) is 0 Å². The van der Waals surface area contributed by atoms with Crippen LogP contribution >= 0.6 is 0 Å². The van der Waals surface area contributed by atoms with Crippen LogP contribution in [-0.4, -0.2) is 37.9 Å². The maximum Gasteiger partial charge on any atom is 0.146 e. The van der Waals surface area contributed by atoms with Gasteiger partial charge in [-0.25, -0.2) is 4.98 Å². The van der Waals surface area contributed by atoms with Gasteiger partial charge in [0.1, 0.15) is 17.4 Å². The first kappa shape index (κ1) is 14.8. The van der Waals surface area contributed by atoms with Gasteiger partial charge in [0.05, 0.1) is 6.61 Å². The summed E-state index contributed by atoms with van der Waals surface area (Å²) in [5.74, 6) is 0.840. The van der Waals surface area contributed by atoms with Crippen LogP contribution in [0.4, 0.5) is 0 Å². The number of hydrogen-bond donors (Lipinski definition) is 1. The molecule has 0 aliphatic rings. The first-order valence-corrected chi connectivity index (χ1v) is 6.93. The molecular weight excluding hydrogens is 252 g/mol. The molecule has 0 aliphatic heterocycles. The zero-order valence-corrected chi connectivity index (χ0v) is 12.3. The summed E-state index contributed by atoms with van der Waals surface area (Å²) >= 11 is 0. The molecule has 4 heteroatoms. The van der Waals surface area contributed by atoms with Crippen LogP contribution in [0.25, 0.3) is 10.9 Å². The predicted molar refractivity (Wildman–Crippen MR) is 81.3 cm³/mol. The molecule has 20 heavy (non-hydrogen) atoms. The van der Waals surface area contributed by atoms with Crippen molar-refractivity contribution in [2.75, 3.05) is 26.8 Å². The number of ether oxygens (including phenoxy) is 2. The van der Waals surface area contributed by atoms with Gasteiger partial charge >= 0.3 is 0 Å². The molecule has 4 nitrogen and oxygen atoms in total. The Morgan fingerprint density at radius 1 is 1.25 bits per heavy atom. The topological polar surface area (TPSA) is 43.4 Å². The number of fused-ring (bicyclic) bond motifs is 1. The number of hydrogen-bond acceptors (Lipinski definition) is 4. The molecule has 2 rings (SSSR count). The van der Waals surface area contributed by atoms with Gasteiger partial charge in [0.2, 0.25) is 0 Å². The van der Waals surface area contributed by atoms with Crippen LogP contribution in [-0.2, 0) is 4.74 Å². The van der Waals surface area contributed by atoms with Crippen LogP contribution < -0.4 is 10.1 Å². The highest BCUT2D eigenvalue weighted by molar-refractivity contribution is 5.84. The fourth-order valence-corrected chi connectivity index (χ4v) is 2.05. The predicted octanol–water partition coefficient (Wildman–Crippen LogP) is 2.55. The highest BCUT2D eigenvalue weighted by Gasteiger charge is 2.08. The Bertz CT molecular complexity index is 557. The summed E-state index contributed by atoms with van der Waals surface area (Å²) in [5, 5.41) is 4.40. The Hall–Kier alpha value is -1.65. The summed E-state index contributed by atoms with van der Waals surface area (Å²) < 4.78 is 11.0. The molecule has 1 unspecified atom stereocenters. The minimum atomic E-state index is 0.0831. The molecule has 0 aliphatic carbocycles. The van der Waals surface area contributed by atoms with Crippen molar-refractivity contribution >= 4 is 10.9 Å². The summed E-state index contributed by atoms with van der Waals surface area (Å²) in [6.07, 6.45) is 0.0831. The van der Waals surface area contributed by atoms with Gasteiger partial charge in [0, 0.05) is 31.3 Å². The van der Waals surface area contributed by atoms with E-state index >= 15 is 0 Å². The van der Waals surface area contributed by atoms with E-state index in [1.54, 1.807) is 7.11 Å². The van der Waals surface area contributed by atoms with Crippen molar-refractivity contribution in [3.63, 3.8) is 0 Å². The minimum absolute atomic E-state index is 0.0831. The number of benzene rings is 1. The van der Waals surface area contributed by atoms with E-state index in [-0.39, 0.29) is 6.10 Å². The average Bonchev–Trinajstić information content (AvgIpc) is 2.44. The van der Waals surface area contributed by atoms with E-state index in [0.29, 0.717) is 6.61 Å². The van der Waals surface area contributed by atoms with E-state index in [2.05, 4.69) is 29.4 Å². The molecule has 0 amide bonds. The number of methoxy groups -OCH3 is 1. The van der Waals surface area contributed by atoms with Crippen molar-refractivity contribution in [2.45, 2.75) is 20.0 Å². The Kier molecular flexibility index (Phi) is 5.32. The fourth-order valence-electron chi connectivity index (χ4n) is 2.05. The molecule has 1 aromatic carbocycles. The molecule has 0 bridgehead atoms. The lowest BCUT2D eigenvalue weighted by molar-refractivity contribution is 0.185. The van der Waals surface area contributed by atoms with E-state index in [4.69, 9.17) is 9.47 Å². The second kappa shape index (κ2) is 7.22. The number of nitrogens with zero attached hydrogens (tertiary/aromatic N) is 1. The molecule has 0 radical (unpaired) electrons. The maximum absolute atomic E-state index is 6.00. The molecule has 1 N–H and O–H groups in total. The van der Waals surface area contributed by atoms with E-state index in [9.17, 15) is 0 Å². The van der Waals surface area contributed by atoms with Gasteiger partial charge in [0.15, 0.2) is 0 Å². The van der Waals surface area contributed by atoms with Crippen molar-refractivity contribution in [3.05, 3.63) is 36.0 Å². The molecule has 0 spiro atoms. The van der Waals surface area contributed by atoms with Crippen molar-refractivity contribution in [2.24, 2.45) is 0 Å². The summed E-state index contributed by atoms with van der Waals surface area (Å²) in [7, 11) is 1.70. The first-order valence-electron chi connectivity index (χ1n) is 6.93. The highest BCUT2D eigenvalue weighted by atomic mass is 16.5. The minimum Gasteiger partial charge on any atom is -0.487 e. The van der Waals surface area contributed by atoms with Crippen LogP contribution in [0.2, 0.25) is 0 Å². The standard InChI is InChI=1S/C16H22N2O2/c1-12-7-8-14-5-4-6-15(16(14)18-12)20-13(2)11-17-9-10-19-3/h4-8,13,17H,9-11H2,1-3H3. The zero-order chi connectivity index (χ0) is 14.4. The first-order chi connectivity index (χ1) is 9.70. The summed E-state index contributed by atoms with van der Waals surface area (Å²) in [6.45, 7) is 6.37. The summed E-state index contributed by atoms with van der Waals surface area (Å²) in [4.78, 5) is 4.57. The van der Waals surface area contributed by atoms with Crippen molar-refractivity contribution < 1.29 is 9.47 Å². The second-order valence-corrected chi connectivity index (χ2v) is 4.91. The van der Waals surface area contributed by atoms with Gasteiger partial charge in [-0.1, -0.05) is 18.2 Å². The Morgan fingerprint density at radius 3 is 2.90 bits per heavy atom. The van der Waals surface area contributed by atoms with Gasteiger partial charge in [-0.3, -0.25) is 0 Å². The smallest absolute Gasteiger partial charge is 0.146 e. The van der Waals surface area contributed by atoms with Gasteiger partial charge in [-0.05, 0) is 26.0 Å². The lowest BCUT2D eigenvalue weighted by Gasteiger charge is -2.16. The van der Waals surface area contributed by atoms with Crippen LogP contribution in [0.15, 0.2) is 30.3 Å². The molecule has 0 saturated carbocycles. The molecule has 0 saturated heterocycles. The molecular formula is C16H22N2O2. The van der Waals surface area contributed by atoms with Gasteiger partial charge < -0.3 is 14.8 Å². The molecule has 108 valence electrons. The lowest BCUT2D eigenvalue weighted by atomic mass is 10.2. The van der Waals surface area contributed by atoms with Gasteiger partial charge in [-0.2, -0.15) is 0 Å².